The van der Waals surface area contributed by atoms with Gasteiger partial charge in [-0.2, -0.15) is 0 Å². The largest absolute Gasteiger partial charge is 0.339 e. The lowest BCUT2D eigenvalue weighted by Gasteiger charge is -2.15. The topological polar surface area (TPSA) is 39.1 Å². The summed E-state index contributed by atoms with van der Waals surface area (Å²) in [5.74, 6) is -1.48. The number of aromatic nitrogens is 1. The SMILES string of the molecule is CC(C)CC(=O)c1ccc2c(C(=O)CCc3ccc(F)c(F)c3)c(C(C)C)n(Cc3ccccc3)c2c1. The number of hydrogen-bond donors (Lipinski definition) is 0. The molecule has 0 aliphatic carbocycles. The Kier molecular flexibility index (Phi) is 8.01. The normalized spacial score (nSPS) is 11.6. The van der Waals surface area contributed by atoms with Gasteiger partial charge in [-0.15, -0.1) is 0 Å². The minimum atomic E-state index is -0.911. The molecule has 0 saturated carbocycles. The number of ketones is 2. The molecule has 3 aromatic carbocycles. The fourth-order valence-electron chi connectivity index (χ4n) is 4.94. The van der Waals surface area contributed by atoms with Gasteiger partial charge in [0.2, 0.25) is 0 Å². The van der Waals surface area contributed by atoms with Gasteiger partial charge in [0.05, 0.1) is 5.52 Å². The van der Waals surface area contributed by atoms with Crippen molar-refractivity contribution in [3.8, 4) is 0 Å². The van der Waals surface area contributed by atoms with Crippen LogP contribution >= 0.6 is 0 Å². The fourth-order valence-corrected chi connectivity index (χ4v) is 4.94. The molecule has 1 aromatic heterocycles. The molecule has 0 amide bonds. The molecule has 0 atom stereocenters. The average Bonchev–Trinajstić information content (AvgIpc) is 3.18. The van der Waals surface area contributed by atoms with Crippen LogP contribution in [0.2, 0.25) is 0 Å². The van der Waals surface area contributed by atoms with E-state index in [1.165, 1.54) is 6.07 Å². The Morgan fingerprint density at radius 2 is 1.54 bits per heavy atom. The molecule has 0 aliphatic rings. The number of nitrogens with zero attached hydrogens (tertiary/aromatic N) is 1. The number of carbonyl (C=O) groups is 2. The number of halogens is 2. The fraction of sp³-hybridized carbons (Fsp3) is 0.312. The van der Waals surface area contributed by atoms with E-state index in [-0.39, 0.29) is 29.8 Å². The minimum Gasteiger partial charge on any atom is -0.339 e. The highest BCUT2D eigenvalue weighted by molar-refractivity contribution is 6.11. The molecular formula is C32H33F2NO2. The number of benzene rings is 3. The smallest absolute Gasteiger partial charge is 0.165 e. The molecule has 0 N–H and O–H groups in total. The maximum Gasteiger partial charge on any atom is 0.165 e. The Morgan fingerprint density at radius 1 is 0.811 bits per heavy atom. The van der Waals surface area contributed by atoms with Gasteiger partial charge in [-0.25, -0.2) is 8.78 Å². The molecule has 0 unspecified atom stereocenters. The van der Waals surface area contributed by atoms with Crippen molar-refractivity contribution in [2.75, 3.05) is 0 Å². The number of Topliss-reactive ketones (excluding diaryl/α,β-unsaturated/α-hetero) is 2. The van der Waals surface area contributed by atoms with Gasteiger partial charge in [-0.3, -0.25) is 9.59 Å². The van der Waals surface area contributed by atoms with E-state index in [9.17, 15) is 18.4 Å². The zero-order valence-electron chi connectivity index (χ0n) is 21.9. The van der Waals surface area contributed by atoms with Crippen molar-refractivity contribution in [1.82, 2.24) is 4.57 Å². The minimum absolute atomic E-state index is 0.0492. The summed E-state index contributed by atoms with van der Waals surface area (Å²) in [6.07, 6.45) is 0.940. The van der Waals surface area contributed by atoms with E-state index >= 15 is 0 Å². The van der Waals surface area contributed by atoms with E-state index in [0.717, 1.165) is 34.3 Å². The van der Waals surface area contributed by atoms with Crippen LogP contribution in [0.5, 0.6) is 0 Å². The van der Waals surface area contributed by atoms with Gasteiger partial charge >= 0.3 is 0 Å². The van der Waals surface area contributed by atoms with Crippen LogP contribution in [0.1, 0.15) is 84.0 Å². The second-order valence-electron chi connectivity index (χ2n) is 10.4. The van der Waals surface area contributed by atoms with Crippen molar-refractivity contribution in [1.29, 1.82) is 0 Å². The first-order valence-corrected chi connectivity index (χ1v) is 12.9. The monoisotopic (exact) mass is 501 g/mol. The first-order valence-electron chi connectivity index (χ1n) is 12.9. The van der Waals surface area contributed by atoms with Crippen molar-refractivity contribution in [3.05, 3.63) is 106 Å². The summed E-state index contributed by atoms with van der Waals surface area (Å²) in [6.45, 7) is 8.74. The van der Waals surface area contributed by atoms with E-state index in [0.29, 0.717) is 36.1 Å². The van der Waals surface area contributed by atoms with Crippen LogP contribution in [0.15, 0.2) is 66.7 Å². The van der Waals surface area contributed by atoms with E-state index in [2.05, 4.69) is 18.4 Å². The predicted molar refractivity (Wildman–Crippen MR) is 144 cm³/mol. The summed E-state index contributed by atoms with van der Waals surface area (Å²) in [7, 11) is 0. The number of rotatable bonds is 10. The van der Waals surface area contributed by atoms with Gasteiger partial charge in [0.15, 0.2) is 23.2 Å². The molecule has 5 heteroatoms. The number of hydrogen-bond acceptors (Lipinski definition) is 2. The Bertz CT molecular complexity index is 1430. The summed E-state index contributed by atoms with van der Waals surface area (Å²) in [5, 5.41) is 0.816. The molecule has 0 radical (unpaired) electrons. The van der Waals surface area contributed by atoms with Gasteiger partial charge in [0.25, 0.3) is 0 Å². The molecule has 4 rings (SSSR count). The van der Waals surface area contributed by atoms with Crippen LogP contribution in [0, 0.1) is 17.6 Å². The van der Waals surface area contributed by atoms with E-state index in [1.807, 2.05) is 62.4 Å². The van der Waals surface area contributed by atoms with Gasteiger partial charge in [-0.05, 0) is 47.6 Å². The molecule has 3 nitrogen and oxygen atoms in total. The zero-order valence-corrected chi connectivity index (χ0v) is 21.9. The van der Waals surface area contributed by atoms with Gasteiger partial charge in [-0.1, -0.05) is 76.2 Å². The first-order chi connectivity index (χ1) is 17.7. The van der Waals surface area contributed by atoms with Crippen LogP contribution in [0.3, 0.4) is 0 Å². The van der Waals surface area contributed by atoms with Crippen LogP contribution in [0.4, 0.5) is 8.78 Å². The first kappa shape index (κ1) is 26.5. The molecule has 192 valence electrons. The Morgan fingerprint density at radius 3 is 2.19 bits per heavy atom. The third-order valence-electron chi connectivity index (χ3n) is 6.65. The van der Waals surface area contributed by atoms with Crippen molar-refractivity contribution < 1.29 is 18.4 Å². The lowest BCUT2D eigenvalue weighted by atomic mass is 9.95. The molecule has 0 aliphatic heterocycles. The Hall–Kier alpha value is -3.60. The Balaban J connectivity index is 1.80. The maximum atomic E-state index is 13.7. The highest BCUT2D eigenvalue weighted by Crippen LogP contribution is 2.34. The summed E-state index contributed by atoms with van der Waals surface area (Å²) in [4.78, 5) is 26.6. The summed E-state index contributed by atoms with van der Waals surface area (Å²) < 4.78 is 29.2. The van der Waals surface area contributed by atoms with E-state index in [1.54, 1.807) is 0 Å². The molecule has 0 fully saturated rings. The zero-order chi connectivity index (χ0) is 26.7. The molecule has 0 spiro atoms. The second kappa shape index (κ2) is 11.2. The predicted octanol–water partition coefficient (Wildman–Crippen LogP) is 8.14. The number of aryl methyl sites for hydroxylation is 1. The summed E-state index contributed by atoms with van der Waals surface area (Å²) >= 11 is 0. The van der Waals surface area contributed by atoms with E-state index in [4.69, 9.17) is 0 Å². The average molecular weight is 502 g/mol. The van der Waals surface area contributed by atoms with Gasteiger partial charge < -0.3 is 4.57 Å². The van der Waals surface area contributed by atoms with Crippen molar-refractivity contribution in [3.63, 3.8) is 0 Å². The van der Waals surface area contributed by atoms with Gasteiger partial charge in [0.1, 0.15) is 0 Å². The number of carbonyl (C=O) groups excluding carboxylic acids is 2. The molecule has 0 bridgehead atoms. The third kappa shape index (κ3) is 5.87. The van der Waals surface area contributed by atoms with Gasteiger partial charge in [0, 0.05) is 41.6 Å². The molecule has 1 heterocycles. The number of fused-ring (bicyclic) bond motifs is 1. The molecule has 4 aromatic rings. The lowest BCUT2D eigenvalue weighted by Crippen LogP contribution is -2.11. The van der Waals surface area contributed by atoms with Crippen LogP contribution < -0.4 is 0 Å². The highest BCUT2D eigenvalue weighted by atomic mass is 19.2. The van der Waals surface area contributed by atoms with Crippen molar-refractivity contribution in [2.24, 2.45) is 5.92 Å². The van der Waals surface area contributed by atoms with Crippen LogP contribution in [-0.2, 0) is 13.0 Å². The summed E-state index contributed by atoms with van der Waals surface area (Å²) in [6, 6.07) is 19.4. The summed E-state index contributed by atoms with van der Waals surface area (Å²) in [5.41, 5.74) is 4.74. The second-order valence-corrected chi connectivity index (χ2v) is 10.4. The molecular weight excluding hydrogens is 468 g/mol. The quantitative estimate of drug-likeness (QED) is 0.206. The van der Waals surface area contributed by atoms with Crippen LogP contribution in [0.25, 0.3) is 10.9 Å². The molecule has 37 heavy (non-hydrogen) atoms. The maximum absolute atomic E-state index is 13.7. The standard InChI is InChI=1S/C32H33F2NO2/c1-20(2)16-30(37)24-12-13-25-28(18-24)35(19-23-8-6-5-7-9-23)32(21(3)4)31(25)29(36)15-11-22-10-14-26(33)27(34)17-22/h5-10,12-14,17-18,20-21H,11,15-16,19H2,1-4H3. The lowest BCUT2D eigenvalue weighted by molar-refractivity contribution is 0.0964. The van der Waals surface area contributed by atoms with Crippen molar-refractivity contribution in [2.45, 2.75) is 59.4 Å². The Labute approximate surface area is 217 Å². The third-order valence-corrected chi connectivity index (χ3v) is 6.65. The van der Waals surface area contributed by atoms with Crippen molar-refractivity contribution >= 4 is 22.5 Å². The van der Waals surface area contributed by atoms with Crippen LogP contribution in [-0.4, -0.2) is 16.1 Å². The molecule has 0 saturated heterocycles. The highest BCUT2D eigenvalue weighted by Gasteiger charge is 2.25. The van der Waals surface area contributed by atoms with E-state index < -0.39 is 11.6 Å².